The smallest absolute Gasteiger partial charge is 0.410 e. The first kappa shape index (κ1) is 24.8. The predicted octanol–water partition coefficient (Wildman–Crippen LogP) is 8.12. The topological polar surface area (TPSA) is 18.5 Å². The summed E-state index contributed by atoms with van der Waals surface area (Å²) >= 11 is 0. The third-order valence-corrected chi connectivity index (χ3v) is 6.44. The van der Waals surface area contributed by atoms with Crippen molar-refractivity contribution in [3.63, 3.8) is 0 Å². The molecule has 3 heteroatoms. The van der Waals surface area contributed by atoms with Crippen molar-refractivity contribution in [2.24, 2.45) is 0 Å². The van der Waals surface area contributed by atoms with Crippen molar-refractivity contribution in [1.82, 2.24) is 0 Å². The van der Waals surface area contributed by atoms with Crippen molar-refractivity contribution < 1.29 is 9.31 Å². The predicted molar refractivity (Wildman–Crippen MR) is 157 cm³/mol. The Labute approximate surface area is 220 Å². The molecule has 0 aliphatic carbocycles. The summed E-state index contributed by atoms with van der Waals surface area (Å²) in [5.74, 6) is 0. The number of hydrogen-bond donors (Lipinski definition) is 0. The average molecular weight is 482 g/mol. The third-order valence-electron chi connectivity index (χ3n) is 6.44. The molecule has 5 rings (SSSR count). The fraction of sp³-hybridized carbons (Fsp3) is 0.118. The van der Waals surface area contributed by atoms with Crippen LogP contribution in [0.25, 0.3) is 44.5 Å². The second-order valence-electron chi connectivity index (χ2n) is 9.49. The Morgan fingerprint density at radius 3 is 1.24 bits per heavy atom. The zero-order valence-corrected chi connectivity index (χ0v) is 21.6. The van der Waals surface area contributed by atoms with Crippen LogP contribution in [0, 0.1) is 0 Å². The SMILES string of the molecule is COB(OC(C)C)c1cc(-c2cccc(-c3ccccc3)c2)cc(-c2cccc(-c3ccccc3)c2)c1. The molecule has 0 fully saturated rings. The molecule has 0 radical (unpaired) electrons. The van der Waals surface area contributed by atoms with E-state index in [0.717, 1.165) is 27.7 Å². The Kier molecular flexibility index (Phi) is 7.65. The highest BCUT2D eigenvalue weighted by atomic mass is 16.6. The Hall–Kier alpha value is -3.92. The van der Waals surface area contributed by atoms with E-state index >= 15 is 0 Å². The van der Waals surface area contributed by atoms with Gasteiger partial charge in [0.25, 0.3) is 0 Å². The molecule has 0 N–H and O–H groups in total. The quantitative estimate of drug-likeness (QED) is 0.208. The number of hydrogen-bond acceptors (Lipinski definition) is 2. The van der Waals surface area contributed by atoms with Gasteiger partial charge in [-0.3, -0.25) is 0 Å². The van der Waals surface area contributed by atoms with Gasteiger partial charge in [-0.1, -0.05) is 109 Å². The summed E-state index contributed by atoms with van der Waals surface area (Å²) in [6, 6.07) is 45.0. The van der Waals surface area contributed by atoms with Gasteiger partial charge >= 0.3 is 7.12 Å². The van der Waals surface area contributed by atoms with Crippen LogP contribution in [-0.2, 0) is 9.31 Å². The lowest BCUT2D eigenvalue weighted by Crippen LogP contribution is -2.38. The average Bonchev–Trinajstić information content (AvgIpc) is 2.96. The van der Waals surface area contributed by atoms with Gasteiger partial charge in [0.2, 0.25) is 0 Å². The van der Waals surface area contributed by atoms with Crippen molar-refractivity contribution in [1.29, 1.82) is 0 Å². The highest BCUT2D eigenvalue weighted by Gasteiger charge is 2.23. The third kappa shape index (κ3) is 5.91. The van der Waals surface area contributed by atoms with Crippen LogP contribution in [0.1, 0.15) is 13.8 Å². The molecule has 0 aliphatic heterocycles. The molecule has 37 heavy (non-hydrogen) atoms. The van der Waals surface area contributed by atoms with Gasteiger partial charge in [0.1, 0.15) is 0 Å². The van der Waals surface area contributed by atoms with E-state index in [4.69, 9.17) is 9.31 Å². The molecule has 0 aliphatic rings. The molecule has 0 saturated carbocycles. The van der Waals surface area contributed by atoms with Crippen LogP contribution in [0.2, 0.25) is 0 Å². The molecule has 5 aromatic carbocycles. The highest BCUT2D eigenvalue weighted by Crippen LogP contribution is 2.31. The van der Waals surface area contributed by atoms with Crippen molar-refractivity contribution in [3.05, 3.63) is 127 Å². The molecule has 0 aromatic heterocycles. The van der Waals surface area contributed by atoms with Gasteiger partial charge in [0.15, 0.2) is 0 Å². The highest BCUT2D eigenvalue weighted by molar-refractivity contribution is 6.61. The maximum atomic E-state index is 6.13. The van der Waals surface area contributed by atoms with Gasteiger partial charge in [-0.05, 0) is 82.0 Å². The minimum Gasteiger partial charge on any atom is -0.410 e. The van der Waals surface area contributed by atoms with E-state index in [-0.39, 0.29) is 6.10 Å². The van der Waals surface area contributed by atoms with Gasteiger partial charge in [-0.25, -0.2) is 0 Å². The molecular formula is C34H31BO2. The minimum atomic E-state index is -0.451. The Morgan fingerprint density at radius 1 is 0.459 bits per heavy atom. The second-order valence-corrected chi connectivity index (χ2v) is 9.49. The Bertz CT molecular complexity index is 1360. The summed E-state index contributed by atoms with van der Waals surface area (Å²) in [7, 11) is 1.25. The molecule has 182 valence electrons. The largest absolute Gasteiger partial charge is 0.493 e. The molecule has 0 bridgehead atoms. The molecule has 0 amide bonds. The fourth-order valence-electron chi connectivity index (χ4n) is 4.66. The van der Waals surface area contributed by atoms with Crippen molar-refractivity contribution in [2.75, 3.05) is 7.11 Å². The van der Waals surface area contributed by atoms with E-state index in [1.54, 1.807) is 7.11 Å². The zero-order chi connectivity index (χ0) is 25.6. The van der Waals surface area contributed by atoms with Crippen LogP contribution in [0.4, 0.5) is 0 Å². The first-order chi connectivity index (χ1) is 18.1. The fourth-order valence-corrected chi connectivity index (χ4v) is 4.66. The monoisotopic (exact) mass is 482 g/mol. The van der Waals surface area contributed by atoms with Crippen LogP contribution < -0.4 is 5.46 Å². The summed E-state index contributed by atoms with van der Waals surface area (Å²) in [6.45, 7) is 4.06. The Balaban J connectivity index is 1.63. The first-order valence-corrected chi connectivity index (χ1v) is 12.8. The standard InChI is InChI=1S/C34H31BO2/c1-25(2)37-35(36-3)34-23-32(30-18-10-16-28(20-30)26-12-6-4-7-13-26)22-33(24-34)31-19-11-17-29(21-31)27-14-8-5-9-15-27/h4-25H,1-3H3. The van der Waals surface area contributed by atoms with Gasteiger partial charge in [-0.15, -0.1) is 0 Å². The van der Waals surface area contributed by atoms with Crippen molar-refractivity contribution in [3.8, 4) is 44.5 Å². The maximum Gasteiger partial charge on any atom is 0.493 e. The molecule has 5 aromatic rings. The summed E-state index contributed by atoms with van der Waals surface area (Å²) < 4.78 is 11.9. The molecular weight excluding hydrogens is 451 g/mol. The number of rotatable bonds is 8. The van der Waals surface area contributed by atoms with E-state index in [0.29, 0.717) is 0 Å². The lowest BCUT2D eigenvalue weighted by atomic mass is 9.75. The van der Waals surface area contributed by atoms with E-state index < -0.39 is 7.12 Å². The summed E-state index contributed by atoms with van der Waals surface area (Å²) in [5.41, 5.74) is 10.4. The lowest BCUT2D eigenvalue weighted by Gasteiger charge is -2.18. The van der Waals surface area contributed by atoms with Crippen molar-refractivity contribution >= 4 is 12.6 Å². The van der Waals surface area contributed by atoms with Crippen LogP contribution >= 0.6 is 0 Å². The van der Waals surface area contributed by atoms with Gasteiger partial charge in [0.05, 0.1) is 0 Å². The molecule has 0 spiro atoms. The van der Waals surface area contributed by atoms with Crippen LogP contribution in [0.5, 0.6) is 0 Å². The zero-order valence-electron chi connectivity index (χ0n) is 21.6. The second kappa shape index (κ2) is 11.4. The van der Waals surface area contributed by atoms with Gasteiger partial charge in [-0.2, -0.15) is 0 Å². The van der Waals surface area contributed by atoms with Crippen LogP contribution in [0.3, 0.4) is 0 Å². The van der Waals surface area contributed by atoms with E-state index in [9.17, 15) is 0 Å². The number of benzene rings is 5. The van der Waals surface area contributed by atoms with E-state index in [1.165, 1.54) is 22.3 Å². The molecule has 0 saturated heterocycles. The molecule has 2 nitrogen and oxygen atoms in total. The molecule has 0 heterocycles. The maximum absolute atomic E-state index is 6.13. The van der Waals surface area contributed by atoms with E-state index in [1.807, 2.05) is 26.0 Å². The molecule has 0 unspecified atom stereocenters. The van der Waals surface area contributed by atoms with Crippen LogP contribution in [-0.4, -0.2) is 20.3 Å². The van der Waals surface area contributed by atoms with E-state index in [2.05, 4.69) is 115 Å². The first-order valence-electron chi connectivity index (χ1n) is 12.8. The minimum absolute atomic E-state index is 0.0415. The summed E-state index contributed by atoms with van der Waals surface area (Å²) in [6.07, 6.45) is 0.0415. The van der Waals surface area contributed by atoms with Crippen molar-refractivity contribution in [2.45, 2.75) is 20.0 Å². The summed E-state index contributed by atoms with van der Waals surface area (Å²) in [5, 5.41) is 0. The van der Waals surface area contributed by atoms with Gasteiger partial charge in [0, 0.05) is 13.2 Å². The normalized spacial score (nSPS) is 11.0. The summed E-state index contributed by atoms with van der Waals surface area (Å²) in [4.78, 5) is 0. The molecule has 0 atom stereocenters. The lowest BCUT2D eigenvalue weighted by molar-refractivity contribution is 0.188. The van der Waals surface area contributed by atoms with Gasteiger partial charge < -0.3 is 9.31 Å². The Morgan fingerprint density at radius 2 is 0.838 bits per heavy atom. The van der Waals surface area contributed by atoms with Crippen LogP contribution in [0.15, 0.2) is 127 Å².